The number of carboxylic acids is 1. The Morgan fingerprint density at radius 2 is 1.20 bits per heavy atom. The van der Waals surface area contributed by atoms with Crippen molar-refractivity contribution in [2.24, 2.45) is 0 Å². The molecule has 2 aromatic rings. The third-order valence-electron chi connectivity index (χ3n) is 2.64. The zero-order chi connectivity index (χ0) is 14.4. The predicted octanol–water partition coefficient (Wildman–Crippen LogP) is 3.16. The van der Waals surface area contributed by atoms with Gasteiger partial charge in [0.05, 0.1) is 5.56 Å². The number of carboxylic acid groups (broad SMARTS) is 1. The van der Waals surface area contributed by atoms with Gasteiger partial charge in [0.15, 0.2) is 0 Å². The van der Waals surface area contributed by atoms with Gasteiger partial charge in [-0.15, -0.1) is 5.92 Å². The number of benzene rings is 2. The standard InChI is InChI=1S/C18H12O2/c1-2-3-14-4-6-15(7-5-14)8-9-16-10-12-17(13-11-16)18(19)20/h4-7,10-13H,1H3,(H,19,20). The Hall–Kier alpha value is -2.97. The van der Waals surface area contributed by atoms with Crippen LogP contribution in [0.5, 0.6) is 0 Å². The molecule has 0 radical (unpaired) electrons. The molecule has 0 unspecified atom stereocenters. The Balaban J connectivity index is 2.17. The van der Waals surface area contributed by atoms with Crippen LogP contribution in [0.4, 0.5) is 0 Å². The van der Waals surface area contributed by atoms with Crippen molar-refractivity contribution < 1.29 is 9.90 Å². The number of hydrogen-bond acceptors (Lipinski definition) is 1. The predicted molar refractivity (Wildman–Crippen MR) is 78.4 cm³/mol. The molecule has 0 saturated carbocycles. The third-order valence-corrected chi connectivity index (χ3v) is 2.64. The van der Waals surface area contributed by atoms with Crippen molar-refractivity contribution in [1.29, 1.82) is 0 Å². The zero-order valence-electron chi connectivity index (χ0n) is 11.0. The summed E-state index contributed by atoms with van der Waals surface area (Å²) >= 11 is 0. The lowest BCUT2D eigenvalue weighted by molar-refractivity contribution is 0.0697. The molecule has 96 valence electrons. The van der Waals surface area contributed by atoms with Gasteiger partial charge in [-0.2, -0.15) is 0 Å². The summed E-state index contributed by atoms with van der Waals surface area (Å²) in [5, 5.41) is 8.81. The monoisotopic (exact) mass is 260 g/mol. The van der Waals surface area contributed by atoms with Crippen LogP contribution in [0.15, 0.2) is 48.5 Å². The summed E-state index contributed by atoms with van der Waals surface area (Å²) in [4.78, 5) is 10.7. The van der Waals surface area contributed by atoms with Gasteiger partial charge in [-0.05, 0) is 55.5 Å². The van der Waals surface area contributed by atoms with Gasteiger partial charge in [0.2, 0.25) is 0 Å². The molecule has 1 N–H and O–H groups in total. The van der Waals surface area contributed by atoms with E-state index in [9.17, 15) is 4.79 Å². The first kappa shape index (κ1) is 13.5. The van der Waals surface area contributed by atoms with Crippen LogP contribution in [-0.4, -0.2) is 11.1 Å². The minimum absolute atomic E-state index is 0.262. The van der Waals surface area contributed by atoms with Crippen LogP contribution in [0.3, 0.4) is 0 Å². The van der Waals surface area contributed by atoms with Crippen molar-refractivity contribution in [3.63, 3.8) is 0 Å². The maximum atomic E-state index is 10.7. The molecule has 0 atom stereocenters. The molecular formula is C18H12O2. The van der Waals surface area contributed by atoms with Gasteiger partial charge in [-0.3, -0.25) is 0 Å². The lowest BCUT2D eigenvalue weighted by Crippen LogP contribution is -1.94. The van der Waals surface area contributed by atoms with Gasteiger partial charge in [-0.1, -0.05) is 17.8 Å². The van der Waals surface area contributed by atoms with E-state index in [4.69, 9.17) is 5.11 Å². The number of aromatic carboxylic acids is 1. The van der Waals surface area contributed by atoms with E-state index in [1.807, 2.05) is 24.3 Å². The molecule has 2 nitrogen and oxygen atoms in total. The Kier molecular flexibility index (Phi) is 4.22. The molecule has 20 heavy (non-hydrogen) atoms. The second-order valence-corrected chi connectivity index (χ2v) is 4.08. The van der Waals surface area contributed by atoms with Gasteiger partial charge < -0.3 is 5.11 Å². The molecule has 0 heterocycles. The summed E-state index contributed by atoms with van der Waals surface area (Å²) in [6.45, 7) is 1.80. The smallest absolute Gasteiger partial charge is 0.335 e. The minimum Gasteiger partial charge on any atom is -0.478 e. The van der Waals surface area contributed by atoms with Crippen molar-refractivity contribution in [2.45, 2.75) is 6.92 Å². The Labute approximate surface area is 118 Å². The van der Waals surface area contributed by atoms with Crippen LogP contribution in [0.1, 0.15) is 34.0 Å². The SMILES string of the molecule is CC#Cc1ccc(C#Cc2ccc(C(=O)O)cc2)cc1. The first-order valence-corrected chi connectivity index (χ1v) is 6.07. The third kappa shape index (κ3) is 3.51. The average molecular weight is 260 g/mol. The topological polar surface area (TPSA) is 37.3 Å². The van der Waals surface area contributed by atoms with Crippen LogP contribution in [0, 0.1) is 23.7 Å². The Morgan fingerprint density at radius 3 is 1.60 bits per heavy atom. The van der Waals surface area contributed by atoms with Crippen molar-refractivity contribution >= 4 is 5.97 Å². The number of rotatable bonds is 1. The minimum atomic E-state index is -0.933. The number of hydrogen-bond donors (Lipinski definition) is 1. The Bertz CT molecular complexity index is 730. The largest absolute Gasteiger partial charge is 0.478 e. The fourth-order valence-corrected chi connectivity index (χ4v) is 1.62. The maximum absolute atomic E-state index is 10.7. The van der Waals surface area contributed by atoms with E-state index in [0.29, 0.717) is 0 Å². The van der Waals surface area contributed by atoms with Gasteiger partial charge >= 0.3 is 5.97 Å². The first-order chi connectivity index (χ1) is 9.69. The van der Waals surface area contributed by atoms with Crippen LogP contribution in [0.2, 0.25) is 0 Å². The molecular weight excluding hydrogens is 248 g/mol. The van der Waals surface area contributed by atoms with Gasteiger partial charge in [-0.25, -0.2) is 4.79 Å². The van der Waals surface area contributed by atoms with Gasteiger partial charge in [0.1, 0.15) is 0 Å². The van der Waals surface area contributed by atoms with Crippen LogP contribution in [0.25, 0.3) is 0 Å². The molecule has 0 amide bonds. The molecule has 0 bridgehead atoms. The van der Waals surface area contributed by atoms with Gasteiger partial charge in [0, 0.05) is 16.7 Å². The van der Waals surface area contributed by atoms with E-state index < -0.39 is 5.97 Å². The normalized spacial score (nSPS) is 8.85. The molecule has 0 aliphatic heterocycles. The molecule has 0 aromatic heterocycles. The molecule has 2 heteroatoms. The van der Waals surface area contributed by atoms with Crippen LogP contribution in [-0.2, 0) is 0 Å². The van der Waals surface area contributed by atoms with E-state index in [1.165, 1.54) is 0 Å². The summed E-state index contributed by atoms with van der Waals surface area (Å²) in [7, 11) is 0. The molecule has 2 rings (SSSR count). The summed E-state index contributed by atoms with van der Waals surface area (Å²) < 4.78 is 0. The molecule has 2 aromatic carbocycles. The van der Waals surface area contributed by atoms with Crippen molar-refractivity contribution in [3.8, 4) is 23.7 Å². The second-order valence-electron chi connectivity index (χ2n) is 4.08. The highest BCUT2D eigenvalue weighted by Crippen LogP contribution is 2.05. The Morgan fingerprint density at radius 1 is 0.800 bits per heavy atom. The second kappa shape index (κ2) is 6.27. The van der Waals surface area contributed by atoms with Gasteiger partial charge in [0.25, 0.3) is 0 Å². The summed E-state index contributed by atoms with van der Waals surface area (Å²) in [5.74, 6) is 10.9. The quantitative estimate of drug-likeness (QED) is 0.800. The van der Waals surface area contributed by atoms with Crippen molar-refractivity contribution in [3.05, 3.63) is 70.8 Å². The fourth-order valence-electron chi connectivity index (χ4n) is 1.62. The van der Waals surface area contributed by atoms with E-state index in [0.717, 1.165) is 16.7 Å². The first-order valence-electron chi connectivity index (χ1n) is 6.07. The van der Waals surface area contributed by atoms with E-state index >= 15 is 0 Å². The zero-order valence-corrected chi connectivity index (χ0v) is 11.0. The van der Waals surface area contributed by atoms with E-state index in [1.54, 1.807) is 31.2 Å². The summed E-state index contributed by atoms with van der Waals surface area (Å²) in [6, 6.07) is 14.2. The number of carbonyl (C=O) groups is 1. The molecule has 0 spiro atoms. The highest BCUT2D eigenvalue weighted by molar-refractivity contribution is 5.87. The highest BCUT2D eigenvalue weighted by Gasteiger charge is 1.99. The van der Waals surface area contributed by atoms with Crippen molar-refractivity contribution in [2.75, 3.05) is 0 Å². The molecule has 0 fully saturated rings. The maximum Gasteiger partial charge on any atom is 0.335 e. The lowest BCUT2D eigenvalue weighted by atomic mass is 10.1. The lowest BCUT2D eigenvalue weighted by Gasteiger charge is -1.94. The summed E-state index contributed by atoms with van der Waals surface area (Å²) in [6.07, 6.45) is 0. The fraction of sp³-hybridized carbons (Fsp3) is 0.0556. The van der Waals surface area contributed by atoms with Crippen LogP contribution < -0.4 is 0 Å². The van der Waals surface area contributed by atoms with E-state index in [2.05, 4.69) is 23.7 Å². The van der Waals surface area contributed by atoms with Crippen LogP contribution >= 0.6 is 0 Å². The average Bonchev–Trinajstić information content (AvgIpc) is 2.47. The molecule has 0 aliphatic carbocycles. The molecule has 0 aliphatic rings. The summed E-state index contributed by atoms with van der Waals surface area (Å²) in [5.41, 5.74) is 2.91. The van der Waals surface area contributed by atoms with Crippen molar-refractivity contribution in [1.82, 2.24) is 0 Å². The molecule has 0 saturated heterocycles. The van der Waals surface area contributed by atoms with E-state index in [-0.39, 0.29) is 5.56 Å². The highest BCUT2D eigenvalue weighted by atomic mass is 16.4.